The molecule has 2 fully saturated rings. The van der Waals surface area contributed by atoms with Gasteiger partial charge in [0, 0.05) is 6.04 Å². The summed E-state index contributed by atoms with van der Waals surface area (Å²) in [7, 11) is 0. The van der Waals surface area contributed by atoms with Crippen LogP contribution in [0.5, 0.6) is 0 Å². The fraction of sp³-hybridized carbons (Fsp3) is 0.588. The van der Waals surface area contributed by atoms with Gasteiger partial charge < -0.3 is 9.88 Å². The average Bonchev–Trinajstić information content (AvgIpc) is 3.19. The maximum absolute atomic E-state index is 4.99. The lowest BCUT2D eigenvalue weighted by molar-refractivity contribution is 0.310. The number of aromatic nitrogens is 2. The molecule has 1 aliphatic heterocycles. The van der Waals surface area contributed by atoms with Gasteiger partial charge in [0.2, 0.25) is 0 Å². The third-order valence-corrected chi connectivity index (χ3v) is 4.76. The van der Waals surface area contributed by atoms with Crippen molar-refractivity contribution in [2.45, 2.75) is 51.6 Å². The van der Waals surface area contributed by atoms with Crippen LogP contribution in [0.1, 0.15) is 56.1 Å². The molecule has 0 radical (unpaired) electrons. The Morgan fingerprint density at radius 3 is 2.85 bits per heavy atom. The molecule has 2 aliphatic rings. The highest BCUT2D eigenvalue weighted by Gasteiger charge is 2.32. The Balaban J connectivity index is 1.83. The molecule has 1 aromatic heterocycles. The average molecular weight is 269 g/mol. The normalized spacial score (nSPS) is 27.1. The summed E-state index contributed by atoms with van der Waals surface area (Å²) in [6.07, 6.45) is 5.14. The molecule has 2 heterocycles. The summed E-state index contributed by atoms with van der Waals surface area (Å²) in [5.74, 6) is 2.08. The van der Waals surface area contributed by atoms with Crippen molar-refractivity contribution in [1.29, 1.82) is 0 Å². The van der Waals surface area contributed by atoms with E-state index in [1.807, 2.05) is 0 Å². The summed E-state index contributed by atoms with van der Waals surface area (Å²) in [4.78, 5) is 4.99. The van der Waals surface area contributed by atoms with Gasteiger partial charge in [0.15, 0.2) is 0 Å². The maximum Gasteiger partial charge on any atom is 0.127 e. The fourth-order valence-corrected chi connectivity index (χ4v) is 3.49. The maximum atomic E-state index is 4.99. The third kappa shape index (κ3) is 2.05. The molecule has 4 rings (SSSR count). The van der Waals surface area contributed by atoms with Gasteiger partial charge in [-0.3, -0.25) is 0 Å². The number of nitrogens with one attached hydrogen (secondary N) is 1. The van der Waals surface area contributed by atoms with Crippen molar-refractivity contribution < 1.29 is 0 Å². The van der Waals surface area contributed by atoms with E-state index < -0.39 is 0 Å². The number of piperidine rings is 1. The van der Waals surface area contributed by atoms with E-state index in [-0.39, 0.29) is 0 Å². The monoisotopic (exact) mass is 269 g/mol. The topological polar surface area (TPSA) is 29.9 Å². The van der Waals surface area contributed by atoms with Gasteiger partial charge in [-0.25, -0.2) is 4.98 Å². The molecule has 0 bridgehead atoms. The number of rotatable bonds is 2. The van der Waals surface area contributed by atoms with Gasteiger partial charge in [0.1, 0.15) is 5.82 Å². The van der Waals surface area contributed by atoms with Gasteiger partial charge in [-0.05, 0) is 62.8 Å². The molecule has 1 saturated heterocycles. The van der Waals surface area contributed by atoms with Crippen molar-refractivity contribution in [1.82, 2.24) is 14.9 Å². The van der Waals surface area contributed by atoms with Crippen molar-refractivity contribution in [2.24, 2.45) is 5.92 Å². The molecule has 106 valence electrons. The zero-order chi connectivity index (χ0) is 13.7. The van der Waals surface area contributed by atoms with Gasteiger partial charge in [0.05, 0.1) is 17.1 Å². The quantitative estimate of drug-likeness (QED) is 0.900. The standard InChI is InChI=1S/C17H23N3/c1-11-3-6-16-14(9-11)19-17(20(16)13-4-5-13)15-10-12(2)7-8-18-15/h3,6,9,12-13,15,18H,4-5,7-8,10H2,1-2H3. The Morgan fingerprint density at radius 1 is 1.25 bits per heavy atom. The summed E-state index contributed by atoms with van der Waals surface area (Å²) >= 11 is 0. The Morgan fingerprint density at radius 2 is 2.10 bits per heavy atom. The van der Waals surface area contributed by atoms with E-state index in [0.29, 0.717) is 12.1 Å². The van der Waals surface area contributed by atoms with Crippen LogP contribution in [0.3, 0.4) is 0 Å². The molecule has 0 amide bonds. The van der Waals surface area contributed by atoms with Gasteiger partial charge in [-0.2, -0.15) is 0 Å². The predicted octanol–water partition coefficient (Wildman–Crippen LogP) is 3.74. The Labute approximate surface area is 120 Å². The Bertz CT molecular complexity index is 639. The van der Waals surface area contributed by atoms with Gasteiger partial charge >= 0.3 is 0 Å². The number of fused-ring (bicyclic) bond motifs is 1. The fourth-order valence-electron chi connectivity index (χ4n) is 3.49. The minimum atomic E-state index is 0.437. The van der Waals surface area contributed by atoms with Crippen LogP contribution in [-0.4, -0.2) is 16.1 Å². The van der Waals surface area contributed by atoms with E-state index in [0.717, 1.165) is 12.5 Å². The summed E-state index contributed by atoms with van der Waals surface area (Å²) < 4.78 is 2.52. The molecular formula is C17H23N3. The largest absolute Gasteiger partial charge is 0.324 e. The second-order valence-corrected chi connectivity index (χ2v) is 6.70. The molecule has 1 aromatic carbocycles. The molecule has 3 heteroatoms. The van der Waals surface area contributed by atoms with E-state index in [2.05, 4.69) is 41.9 Å². The van der Waals surface area contributed by atoms with Crippen LogP contribution in [-0.2, 0) is 0 Å². The lowest BCUT2D eigenvalue weighted by Crippen LogP contribution is -2.32. The van der Waals surface area contributed by atoms with Crippen LogP contribution in [0.15, 0.2) is 18.2 Å². The van der Waals surface area contributed by atoms with E-state index in [4.69, 9.17) is 4.98 Å². The van der Waals surface area contributed by atoms with Crippen LogP contribution in [0.25, 0.3) is 11.0 Å². The number of hydrogen-bond donors (Lipinski definition) is 1. The van der Waals surface area contributed by atoms with Crippen molar-refractivity contribution >= 4 is 11.0 Å². The molecule has 2 unspecified atom stereocenters. The van der Waals surface area contributed by atoms with Gasteiger partial charge in [-0.1, -0.05) is 13.0 Å². The zero-order valence-electron chi connectivity index (χ0n) is 12.4. The molecule has 1 N–H and O–H groups in total. The highest BCUT2D eigenvalue weighted by molar-refractivity contribution is 5.77. The highest BCUT2D eigenvalue weighted by Crippen LogP contribution is 2.41. The number of aryl methyl sites for hydroxylation is 1. The number of hydrogen-bond acceptors (Lipinski definition) is 2. The van der Waals surface area contributed by atoms with Crippen LogP contribution >= 0.6 is 0 Å². The molecular weight excluding hydrogens is 246 g/mol. The lowest BCUT2D eigenvalue weighted by Gasteiger charge is -2.28. The summed E-state index contributed by atoms with van der Waals surface area (Å²) in [5, 5.41) is 3.68. The summed E-state index contributed by atoms with van der Waals surface area (Å²) in [5.41, 5.74) is 3.80. The first-order valence-corrected chi connectivity index (χ1v) is 7.94. The smallest absolute Gasteiger partial charge is 0.127 e. The van der Waals surface area contributed by atoms with Gasteiger partial charge in [-0.15, -0.1) is 0 Å². The van der Waals surface area contributed by atoms with Crippen molar-refractivity contribution in [3.63, 3.8) is 0 Å². The predicted molar refractivity (Wildman–Crippen MR) is 81.9 cm³/mol. The highest BCUT2D eigenvalue weighted by atomic mass is 15.2. The molecule has 3 nitrogen and oxygen atoms in total. The first kappa shape index (κ1) is 12.4. The van der Waals surface area contributed by atoms with E-state index >= 15 is 0 Å². The Hall–Kier alpha value is -1.35. The van der Waals surface area contributed by atoms with E-state index in [1.165, 1.54) is 48.1 Å². The van der Waals surface area contributed by atoms with Crippen LogP contribution in [0.2, 0.25) is 0 Å². The second-order valence-electron chi connectivity index (χ2n) is 6.70. The van der Waals surface area contributed by atoms with Crippen molar-refractivity contribution in [3.05, 3.63) is 29.6 Å². The first-order valence-electron chi connectivity index (χ1n) is 7.94. The zero-order valence-corrected chi connectivity index (χ0v) is 12.4. The first-order chi connectivity index (χ1) is 9.72. The van der Waals surface area contributed by atoms with Crippen LogP contribution in [0.4, 0.5) is 0 Å². The Kier molecular flexibility index (Phi) is 2.84. The number of imidazole rings is 1. The van der Waals surface area contributed by atoms with E-state index in [9.17, 15) is 0 Å². The summed E-state index contributed by atoms with van der Waals surface area (Å²) in [6, 6.07) is 7.82. The van der Waals surface area contributed by atoms with Crippen LogP contribution < -0.4 is 5.32 Å². The molecule has 2 atom stereocenters. The molecule has 20 heavy (non-hydrogen) atoms. The SMILES string of the molecule is Cc1ccc2c(c1)nc(C1CC(C)CCN1)n2C1CC1. The minimum absolute atomic E-state index is 0.437. The molecule has 0 spiro atoms. The molecule has 2 aromatic rings. The second kappa shape index (κ2) is 4.59. The molecule has 1 aliphatic carbocycles. The lowest BCUT2D eigenvalue weighted by atomic mass is 9.94. The molecule has 1 saturated carbocycles. The number of benzene rings is 1. The van der Waals surface area contributed by atoms with Crippen molar-refractivity contribution in [2.75, 3.05) is 6.54 Å². The van der Waals surface area contributed by atoms with E-state index in [1.54, 1.807) is 0 Å². The van der Waals surface area contributed by atoms with Crippen LogP contribution in [0, 0.1) is 12.8 Å². The third-order valence-electron chi connectivity index (χ3n) is 4.76. The minimum Gasteiger partial charge on any atom is -0.324 e. The summed E-state index contributed by atoms with van der Waals surface area (Å²) in [6.45, 7) is 5.64. The van der Waals surface area contributed by atoms with Crippen molar-refractivity contribution in [3.8, 4) is 0 Å². The number of nitrogens with zero attached hydrogens (tertiary/aromatic N) is 2. The van der Waals surface area contributed by atoms with Gasteiger partial charge in [0.25, 0.3) is 0 Å².